The number of ether oxygens (including phenoxy) is 2. The number of hydrogen-bond acceptors (Lipinski definition) is 6. The van der Waals surface area contributed by atoms with E-state index in [1.165, 1.54) is 0 Å². The Balaban J connectivity index is 1.59. The normalized spacial score (nSPS) is 20.9. The van der Waals surface area contributed by atoms with Gasteiger partial charge in [0.05, 0.1) is 12.5 Å². The monoisotopic (exact) mass is 512 g/mol. The zero-order valence-electron chi connectivity index (χ0n) is 22.3. The van der Waals surface area contributed by atoms with Gasteiger partial charge in [0, 0.05) is 57.5 Å². The zero-order valence-corrected chi connectivity index (χ0v) is 22.3. The highest BCUT2D eigenvalue weighted by Gasteiger charge is 2.47. The Kier molecular flexibility index (Phi) is 9.08. The standard InChI is InChI=1S/C28H40N4O5/c1-4-6-13-31(14-7-5-2)26(33)18-32-17-21(20-8-10-23-24(16-20)37-19-36-23)27(28(34)35)22(32)9-11-25-29-12-15-30(25)3/h8,10,12,15-16,21-22,27H,4-7,9,11,13-14,17-19H2,1-3H3,(H,34,35)/t21-,22+,27-/m1/s1. The fourth-order valence-corrected chi connectivity index (χ4v) is 5.58. The molecule has 0 unspecified atom stereocenters. The van der Waals surface area contributed by atoms with Crippen LogP contribution in [-0.2, 0) is 23.1 Å². The molecule has 0 saturated carbocycles. The first-order valence-electron chi connectivity index (χ1n) is 13.5. The third kappa shape index (κ3) is 6.26. The van der Waals surface area contributed by atoms with Crippen LogP contribution in [0.15, 0.2) is 30.6 Å². The summed E-state index contributed by atoms with van der Waals surface area (Å²) >= 11 is 0. The van der Waals surface area contributed by atoms with E-state index < -0.39 is 11.9 Å². The maximum atomic E-state index is 13.5. The van der Waals surface area contributed by atoms with Gasteiger partial charge < -0.3 is 24.0 Å². The van der Waals surface area contributed by atoms with Crippen molar-refractivity contribution in [1.29, 1.82) is 0 Å². The molecule has 3 heterocycles. The minimum atomic E-state index is -0.837. The Hall–Kier alpha value is -3.07. The van der Waals surface area contributed by atoms with Crippen LogP contribution in [-0.4, -0.2) is 75.3 Å². The number of benzene rings is 1. The van der Waals surface area contributed by atoms with E-state index in [1.807, 2.05) is 40.9 Å². The Morgan fingerprint density at radius 3 is 2.51 bits per heavy atom. The van der Waals surface area contributed by atoms with Crippen LogP contribution in [0.5, 0.6) is 11.5 Å². The van der Waals surface area contributed by atoms with Gasteiger partial charge in [-0.3, -0.25) is 14.5 Å². The maximum absolute atomic E-state index is 13.5. The summed E-state index contributed by atoms with van der Waals surface area (Å²) in [4.78, 5) is 34.7. The summed E-state index contributed by atoms with van der Waals surface area (Å²) in [5.41, 5.74) is 0.905. The van der Waals surface area contributed by atoms with E-state index in [1.54, 1.807) is 6.20 Å². The van der Waals surface area contributed by atoms with Gasteiger partial charge in [-0.1, -0.05) is 32.8 Å². The second-order valence-corrected chi connectivity index (χ2v) is 10.2. The van der Waals surface area contributed by atoms with Crippen LogP contribution in [0.4, 0.5) is 0 Å². The second kappa shape index (κ2) is 12.4. The molecule has 2 aliphatic heterocycles. The minimum Gasteiger partial charge on any atom is -0.481 e. The highest BCUT2D eigenvalue weighted by Crippen LogP contribution is 2.43. The highest BCUT2D eigenvalue weighted by molar-refractivity contribution is 5.79. The summed E-state index contributed by atoms with van der Waals surface area (Å²) in [5.74, 6) is 0.574. The van der Waals surface area contributed by atoms with Crippen molar-refractivity contribution in [2.45, 2.75) is 64.3 Å². The third-order valence-electron chi connectivity index (χ3n) is 7.70. The Bertz CT molecular complexity index is 1060. The predicted octanol–water partition coefficient (Wildman–Crippen LogP) is 3.68. The lowest BCUT2D eigenvalue weighted by Crippen LogP contribution is -2.45. The van der Waals surface area contributed by atoms with E-state index in [0.29, 0.717) is 30.9 Å². The average Bonchev–Trinajstić information content (AvgIpc) is 3.60. The molecule has 2 aliphatic rings. The summed E-state index contributed by atoms with van der Waals surface area (Å²) in [5, 5.41) is 10.4. The van der Waals surface area contributed by atoms with Crippen LogP contribution >= 0.6 is 0 Å². The van der Waals surface area contributed by atoms with Crippen molar-refractivity contribution in [3.8, 4) is 11.5 Å². The van der Waals surface area contributed by atoms with Gasteiger partial charge >= 0.3 is 5.97 Å². The van der Waals surface area contributed by atoms with Gasteiger partial charge in [-0.2, -0.15) is 0 Å². The van der Waals surface area contributed by atoms with Crippen LogP contribution in [0, 0.1) is 5.92 Å². The summed E-state index contributed by atoms with van der Waals surface area (Å²) in [7, 11) is 1.95. The van der Waals surface area contributed by atoms with Crippen LogP contribution in [0.1, 0.15) is 63.3 Å². The Labute approximate surface area is 219 Å². The SMILES string of the molecule is CCCCN(CCCC)C(=O)CN1C[C@H](c2ccc3c(c2)OCO3)[C@@H](C(=O)O)[C@@H]1CCc1nccn1C. The minimum absolute atomic E-state index is 0.0827. The molecule has 0 bridgehead atoms. The molecule has 1 aromatic carbocycles. The average molecular weight is 513 g/mol. The van der Waals surface area contributed by atoms with Crippen molar-refractivity contribution in [1.82, 2.24) is 19.4 Å². The molecule has 1 fully saturated rings. The molecule has 9 heteroatoms. The molecule has 37 heavy (non-hydrogen) atoms. The molecule has 1 N–H and O–H groups in total. The van der Waals surface area contributed by atoms with E-state index in [0.717, 1.165) is 50.2 Å². The van der Waals surface area contributed by atoms with Crippen LogP contribution in [0.25, 0.3) is 0 Å². The number of hydrogen-bond donors (Lipinski definition) is 1. The zero-order chi connectivity index (χ0) is 26.4. The van der Waals surface area contributed by atoms with Crippen LogP contribution in [0.3, 0.4) is 0 Å². The number of carboxylic acid groups (broad SMARTS) is 1. The second-order valence-electron chi connectivity index (χ2n) is 10.2. The Morgan fingerprint density at radius 1 is 1.14 bits per heavy atom. The van der Waals surface area contributed by atoms with Crippen molar-refractivity contribution >= 4 is 11.9 Å². The van der Waals surface area contributed by atoms with Gasteiger partial charge in [0.2, 0.25) is 12.7 Å². The van der Waals surface area contributed by atoms with E-state index >= 15 is 0 Å². The molecule has 4 rings (SSSR count). The van der Waals surface area contributed by atoms with Gasteiger partial charge in [-0.05, 0) is 37.0 Å². The van der Waals surface area contributed by atoms with E-state index in [9.17, 15) is 14.7 Å². The summed E-state index contributed by atoms with van der Waals surface area (Å²) < 4.78 is 13.0. The molecule has 0 radical (unpaired) electrons. The first kappa shape index (κ1) is 27.0. The molecule has 1 aromatic heterocycles. The lowest BCUT2D eigenvalue weighted by Gasteiger charge is -2.29. The van der Waals surface area contributed by atoms with Crippen molar-refractivity contribution in [3.63, 3.8) is 0 Å². The highest BCUT2D eigenvalue weighted by atomic mass is 16.7. The number of carbonyl (C=O) groups excluding carboxylic acids is 1. The smallest absolute Gasteiger partial charge is 0.308 e. The fourth-order valence-electron chi connectivity index (χ4n) is 5.58. The molecule has 2 aromatic rings. The number of imidazole rings is 1. The summed E-state index contributed by atoms with van der Waals surface area (Å²) in [6.07, 6.45) is 8.90. The molecule has 9 nitrogen and oxygen atoms in total. The van der Waals surface area contributed by atoms with Gasteiger partial charge in [0.25, 0.3) is 0 Å². The topological polar surface area (TPSA) is 97.1 Å². The third-order valence-corrected chi connectivity index (χ3v) is 7.70. The quantitative estimate of drug-likeness (QED) is 0.437. The molecule has 202 valence electrons. The predicted molar refractivity (Wildman–Crippen MR) is 140 cm³/mol. The Morgan fingerprint density at radius 2 is 1.86 bits per heavy atom. The largest absolute Gasteiger partial charge is 0.481 e. The summed E-state index contributed by atoms with van der Waals surface area (Å²) in [6.45, 7) is 6.65. The first-order valence-corrected chi connectivity index (χ1v) is 13.5. The number of amides is 1. The number of aliphatic carboxylic acids is 1. The maximum Gasteiger partial charge on any atom is 0.308 e. The number of nitrogens with zero attached hydrogens (tertiary/aromatic N) is 4. The van der Waals surface area contributed by atoms with Crippen molar-refractivity contribution < 1.29 is 24.2 Å². The van der Waals surface area contributed by atoms with Gasteiger partial charge in [-0.15, -0.1) is 0 Å². The molecule has 1 amide bonds. The number of unbranched alkanes of at least 4 members (excludes halogenated alkanes) is 2. The number of carboxylic acids is 1. The molecular formula is C28H40N4O5. The lowest BCUT2D eigenvalue weighted by atomic mass is 9.83. The number of likely N-dealkylation sites (tertiary alicyclic amines) is 1. The van der Waals surface area contributed by atoms with Crippen molar-refractivity contribution in [3.05, 3.63) is 42.0 Å². The van der Waals surface area contributed by atoms with Gasteiger partial charge in [0.15, 0.2) is 11.5 Å². The number of aromatic nitrogens is 2. The number of carbonyl (C=O) groups is 2. The van der Waals surface area contributed by atoms with Crippen molar-refractivity contribution in [2.75, 3.05) is 33.0 Å². The lowest BCUT2D eigenvalue weighted by molar-refractivity contribution is -0.143. The van der Waals surface area contributed by atoms with E-state index in [2.05, 4.69) is 23.7 Å². The molecule has 0 aliphatic carbocycles. The number of aryl methyl sites for hydroxylation is 2. The molecule has 3 atom stereocenters. The van der Waals surface area contributed by atoms with Crippen molar-refractivity contribution in [2.24, 2.45) is 13.0 Å². The van der Waals surface area contributed by atoms with E-state index in [-0.39, 0.29) is 31.2 Å². The van der Waals surface area contributed by atoms with Crippen LogP contribution in [0.2, 0.25) is 0 Å². The number of fused-ring (bicyclic) bond motifs is 1. The number of rotatable bonds is 13. The first-order chi connectivity index (χ1) is 17.9. The van der Waals surface area contributed by atoms with E-state index in [4.69, 9.17) is 9.47 Å². The van der Waals surface area contributed by atoms with Gasteiger partial charge in [0.1, 0.15) is 5.82 Å². The van der Waals surface area contributed by atoms with Gasteiger partial charge in [-0.25, -0.2) is 4.98 Å². The fraction of sp³-hybridized carbons (Fsp3) is 0.607. The van der Waals surface area contributed by atoms with Crippen LogP contribution < -0.4 is 9.47 Å². The summed E-state index contributed by atoms with van der Waals surface area (Å²) in [6, 6.07) is 5.40. The molecular weight excluding hydrogens is 472 g/mol. The molecule has 1 saturated heterocycles. The molecule has 0 spiro atoms.